The van der Waals surface area contributed by atoms with Gasteiger partial charge in [-0.1, -0.05) is 6.07 Å². The van der Waals surface area contributed by atoms with Crippen LogP contribution < -0.4 is 5.73 Å². The van der Waals surface area contributed by atoms with Crippen LogP contribution in [0.2, 0.25) is 0 Å². The van der Waals surface area contributed by atoms with Crippen LogP contribution in [-0.2, 0) is 6.42 Å². The first kappa shape index (κ1) is 12.8. The summed E-state index contributed by atoms with van der Waals surface area (Å²) in [4.78, 5) is 0. The van der Waals surface area contributed by atoms with Crippen molar-refractivity contribution in [3.8, 4) is 5.69 Å². The largest absolute Gasteiger partial charge is 0.330 e. The minimum Gasteiger partial charge on any atom is -0.330 e. The van der Waals surface area contributed by atoms with Crippen LogP contribution in [0.5, 0.6) is 0 Å². The predicted octanol–water partition coefficient (Wildman–Crippen LogP) is 2.44. The Morgan fingerprint density at radius 3 is 2.56 bits per heavy atom. The lowest BCUT2D eigenvalue weighted by molar-refractivity contribution is 0.605. The highest BCUT2D eigenvalue weighted by molar-refractivity contribution is 5.44. The molecule has 18 heavy (non-hydrogen) atoms. The van der Waals surface area contributed by atoms with E-state index >= 15 is 0 Å². The number of aryl methyl sites for hydroxylation is 1. The highest BCUT2D eigenvalue weighted by Crippen LogP contribution is 2.22. The summed E-state index contributed by atoms with van der Waals surface area (Å²) in [5.41, 5.74) is 10.1. The van der Waals surface area contributed by atoms with Crippen molar-refractivity contribution in [1.82, 2.24) is 9.78 Å². The second-order valence-electron chi connectivity index (χ2n) is 4.48. The van der Waals surface area contributed by atoms with Crippen molar-refractivity contribution in [3.05, 3.63) is 46.5 Å². The summed E-state index contributed by atoms with van der Waals surface area (Å²) >= 11 is 0. The van der Waals surface area contributed by atoms with E-state index in [1.165, 1.54) is 6.07 Å². The number of rotatable bonds is 3. The Hall–Kier alpha value is -1.68. The molecule has 0 bridgehead atoms. The van der Waals surface area contributed by atoms with Crippen molar-refractivity contribution in [2.24, 2.45) is 5.73 Å². The van der Waals surface area contributed by atoms with Crippen molar-refractivity contribution >= 4 is 0 Å². The van der Waals surface area contributed by atoms with E-state index in [0.29, 0.717) is 18.5 Å². The molecule has 0 aliphatic rings. The van der Waals surface area contributed by atoms with Gasteiger partial charge in [0.25, 0.3) is 0 Å². The molecule has 2 aromatic rings. The molecule has 0 saturated heterocycles. The molecular weight excluding hydrogens is 229 g/mol. The number of nitrogens with zero attached hydrogens (tertiary/aromatic N) is 2. The van der Waals surface area contributed by atoms with Crippen LogP contribution in [0.25, 0.3) is 5.69 Å². The van der Waals surface area contributed by atoms with Gasteiger partial charge in [0, 0.05) is 11.3 Å². The summed E-state index contributed by atoms with van der Waals surface area (Å²) in [6.07, 6.45) is 0.513. The van der Waals surface area contributed by atoms with E-state index in [2.05, 4.69) is 5.10 Å². The van der Waals surface area contributed by atoms with Gasteiger partial charge >= 0.3 is 0 Å². The molecule has 2 N–H and O–H groups in total. The Balaban J connectivity index is 2.63. The summed E-state index contributed by atoms with van der Waals surface area (Å²) in [6.45, 7) is 6.40. The average Bonchev–Trinajstić information content (AvgIpc) is 2.60. The Kier molecular flexibility index (Phi) is 3.48. The topological polar surface area (TPSA) is 43.8 Å². The first-order valence-electron chi connectivity index (χ1n) is 6.07. The predicted molar refractivity (Wildman–Crippen MR) is 70.5 cm³/mol. The highest BCUT2D eigenvalue weighted by Gasteiger charge is 2.14. The van der Waals surface area contributed by atoms with Gasteiger partial charge in [-0.15, -0.1) is 0 Å². The summed E-state index contributed by atoms with van der Waals surface area (Å²) in [5, 5.41) is 4.47. The van der Waals surface area contributed by atoms with Gasteiger partial charge in [0.2, 0.25) is 0 Å². The fourth-order valence-electron chi connectivity index (χ4n) is 2.09. The number of aromatic nitrogens is 2. The third-order valence-electron chi connectivity index (χ3n) is 3.37. The summed E-state index contributed by atoms with van der Waals surface area (Å²) < 4.78 is 15.7. The summed E-state index contributed by atoms with van der Waals surface area (Å²) in [7, 11) is 0. The second kappa shape index (κ2) is 4.90. The lowest BCUT2D eigenvalue weighted by Gasteiger charge is -2.11. The monoisotopic (exact) mass is 247 g/mol. The molecule has 0 aliphatic heterocycles. The van der Waals surface area contributed by atoms with Crippen LogP contribution in [0.3, 0.4) is 0 Å². The molecule has 2 rings (SSSR count). The number of hydrogen-bond acceptors (Lipinski definition) is 2. The molecule has 0 fully saturated rings. The van der Waals surface area contributed by atoms with Crippen LogP contribution in [-0.4, -0.2) is 16.3 Å². The molecule has 0 spiro atoms. The molecule has 0 amide bonds. The van der Waals surface area contributed by atoms with Gasteiger partial charge in [0.15, 0.2) is 0 Å². The standard InChI is InChI=1S/C14H18FN3/c1-9-10(2)17-18(11(9)3)14-6-4-5-13(15)12(14)7-8-16/h4-6H,7-8,16H2,1-3H3. The zero-order chi connectivity index (χ0) is 13.3. The minimum atomic E-state index is -0.219. The van der Waals surface area contributed by atoms with Crippen LogP contribution in [0, 0.1) is 26.6 Å². The first-order chi connectivity index (χ1) is 8.56. The van der Waals surface area contributed by atoms with Gasteiger partial charge in [-0.05, 0) is 51.4 Å². The van der Waals surface area contributed by atoms with Crippen LogP contribution >= 0.6 is 0 Å². The molecule has 0 aliphatic carbocycles. The Morgan fingerprint density at radius 1 is 1.28 bits per heavy atom. The molecule has 3 nitrogen and oxygen atoms in total. The number of hydrogen-bond donors (Lipinski definition) is 1. The lowest BCUT2D eigenvalue weighted by Crippen LogP contribution is -2.10. The zero-order valence-corrected chi connectivity index (χ0v) is 11.0. The second-order valence-corrected chi connectivity index (χ2v) is 4.48. The first-order valence-corrected chi connectivity index (χ1v) is 6.07. The van der Waals surface area contributed by atoms with E-state index in [4.69, 9.17) is 5.73 Å². The van der Waals surface area contributed by atoms with Crippen LogP contribution in [0.4, 0.5) is 4.39 Å². The Morgan fingerprint density at radius 2 is 2.00 bits per heavy atom. The average molecular weight is 247 g/mol. The van der Waals surface area contributed by atoms with Crippen LogP contribution in [0.15, 0.2) is 18.2 Å². The molecule has 1 aromatic heterocycles. The van der Waals surface area contributed by atoms with E-state index in [0.717, 1.165) is 22.6 Å². The summed E-state index contributed by atoms with van der Waals surface area (Å²) in [6, 6.07) is 5.05. The van der Waals surface area contributed by atoms with Gasteiger partial charge < -0.3 is 5.73 Å². The SMILES string of the molecule is Cc1nn(-c2cccc(F)c2CCN)c(C)c1C. The van der Waals surface area contributed by atoms with Crippen molar-refractivity contribution in [1.29, 1.82) is 0 Å². The van der Waals surface area contributed by atoms with Crippen LogP contribution in [0.1, 0.15) is 22.5 Å². The lowest BCUT2D eigenvalue weighted by atomic mass is 10.1. The number of halogens is 1. The van der Waals surface area contributed by atoms with Crippen molar-refractivity contribution < 1.29 is 4.39 Å². The molecular formula is C14H18FN3. The van der Waals surface area contributed by atoms with E-state index < -0.39 is 0 Å². The summed E-state index contributed by atoms with van der Waals surface area (Å²) in [5.74, 6) is -0.219. The van der Waals surface area contributed by atoms with Gasteiger partial charge in [0.1, 0.15) is 5.82 Å². The third-order valence-corrected chi connectivity index (χ3v) is 3.37. The van der Waals surface area contributed by atoms with E-state index in [1.807, 2.05) is 26.8 Å². The number of benzene rings is 1. The molecule has 0 radical (unpaired) electrons. The normalized spacial score (nSPS) is 10.9. The molecule has 1 heterocycles. The van der Waals surface area contributed by atoms with Crippen molar-refractivity contribution in [2.75, 3.05) is 6.54 Å². The zero-order valence-electron chi connectivity index (χ0n) is 11.0. The van der Waals surface area contributed by atoms with Crippen molar-refractivity contribution in [3.63, 3.8) is 0 Å². The fourth-order valence-corrected chi connectivity index (χ4v) is 2.09. The van der Waals surface area contributed by atoms with E-state index in [-0.39, 0.29) is 5.82 Å². The Labute approximate surface area is 106 Å². The van der Waals surface area contributed by atoms with Gasteiger partial charge in [-0.25, -0.2) is 9.07 Å². The molecule has 4 heteroatoms. The maximum Gasteiger partial charge on any atom is 0.128 e. The quantitative estimate of drug-likeness (QED) is 0.905. The van der Waals surface area contributed by atoms with Gasteiger partial charge in [-0.2, -0.15) is 5.10 Å². The third kappa shape index (κ3) is 2.04. The molecule has 96 valence electrons. The minimum absolute atomic E-state index is 0.219. The number of nitrogens with two attached hydrogens (primary N) is 1. The van der Waals surface area contributed by atoms with Crippen molar-refractivity contribution in [2.45, 2.75) is 27.2 Å². The highest BCUT2D eigenvalue weighted by atomic mass is 19.1. The van der Waals surface area contributed by atoms with Gasteiger partial charge in [0.05, 0.1) is 11.4 Å². The molecule has 0 atom stereocenters. The van der Waals surface area contributed by atoms with E-state index in [1.54, 1.807) is 10.7 Å². The Bertz CT molecular complexity index is 573. The molecule has 0 saturated carbocycles. The smallest absolute Gasteiger partial charge is 0.128 e. The maximum atomic E-state index is 13.9. The molecule has 0 unspecified atom stereocenters. The van der Waals surface area contributed by atoms with Gasteiger partial charge in [-0.3, -0.25) is 0 Å². The van der Waals surface area contributed by atoms with E-state index in [9.17, 15) is 4.39 Å². The fraction of sp³-hybridized carbons (Fsp3) is 0.357. The maximum absolute atomic E-state index is 13.9. The molecule has 1 aromatic carbocycles.